The molecule has 6 atom stereocenters. The molecular formula is C20H27NO. The maximum Gasteiger partial charge on any atom is 0.141 e. The highest BCUT2D eigenvalue weighted by atomic mass is 16.1. The molecule has 0 saturated heterocycles. The molecule has 0 aliphatic heterocycles. The Morgan fingerprint density at radius 1 is 1.27 bits per heavy atom. The van der Waals surface area contributed by atoms with Gasteiger partial charge in [0.2, 0.25) is 0 Å². The minimum atomic E-state index is -0.0642. The van der Waals surface area contributed by atoms with Crippen molar-refractivity contribution in [2.45, 2.75) is 52.4 Å². The number of benzene rings is 1. The van der Waals surface area contributed by atoms with E-state index in [1.165, 1.54) is 17.5 Å². The summed E-state index contributed by atoms with van der Waals surface area (Å²) in [5, 5.41) is 0. The summed E-state index contributed by atoms with van der Waals surface area (Å²) in [7, 11) is 0. The number of ketones is 1. The van der Waals surface area contributed by atoms with Crippen LogP contribution in [0.15, 0.2) is 18.2 Å². The average molecular weight is 297 g/mol. The Morgan fingerprint density at radius 3 is 2.82 bits per heavy atom. The van der Waals surface area contributed by atoms with Crippen LogP contribution < -0.4 is 5.73 Å². The molecule has 4 rings (SSSR count). The molecule has 3 aliphatic rings. The van der Waals surface area contributed by atoms with Crippen molar-refractivity contribution in [1.29, 1.82) is 0 Å². The van der Waals surface area contributed by atoms with E-state index in [2.05, 4.69) is 39.0 Å². The summed E-state index contributed by atoms with van der Waals surface area (Å²) < 4.78 is 0. The lowest BCUT2D eigenvalue weighted by atomic mass is 9.52. The predicted molar refractivity (Wildman–Crippen MR) is 89.6 cm³/mol. The zero-order chi connectivity index (χ0) is 15.6. The molecule has 2 N–H and O–H groups in total. The van der Waals surface area contributed by atoms with E-state index in [1.54, 1.807) is 0 Å². The van der Waals surface area contributed by atoms with E-state index in [0.717, 1.165) is 24.9 Å². The minimum Gasteiger partial charge on any atom is -0.399 e. The highest BCUT2D eigenvalue weighted by molar-refractivity contribution is 5.89. The number of fused-ring (bicyclic) bond motifs is 5. The molecule has 2 saturated carbocycles. The van der Waals surface area contributed by atoms with Crippen molar-refractivity contribution >= 4 is 11.5 Å². The van der Waals surface area contributed by atoms with E-state index in [0.29, 0.717) is 29.5 Å². The SMILES string of the molecule is CC1CC2C3CCc4cc(N)ccc4C3C(C)CC2(C)C1=O. The summed E-state index contributed by atoms with van der Waals surface area (Å²) in [5.74, 6) is 3.27. The number of hydrogen-bond donors (Lipinski definition) is 1. The van der Waals surface area contributed by atoms with Crippen molar-refractivity contribution in [3.05, 3.63) is 29.3 Å². The van der Waals surface area contributed by atoms with Crippen LogP contribution in [-0.4, -0.2) is 5.78 Å². The second-order valence-electron chi connectivity index (χ2n) is 8.39. The van der Waals surface area contributed by atoms with E-state index in [4.69, 9.17) is 5.73 Å². The van der Waals surface area contributed by atoms with Gasteiger partial charge in [-0.1, -0.05) is 26.8 Å². The van der Waals surface area contributed by atoms with Gasteiger partial charge in [-0.3, -0.25) is 4.79 Å². The van der Waals surface area contributed by atoms with Crippen LogP contribution in [0.5, 0.6) is 0 Å². The van der Waals surface area contributed by atoms with Crippen molar-refractivity contribution in [2.75, 3.05) is 5.73 Å². The number of Topliss-reactive ketones (excluding diaryl/α,β-unsaturated/α-hetero) is 1. The summed E-state index contributed by atoms with van der Waals surface area (Å²) >= 11 is 0. The first-order valence-corrected chi connectivity index (χ1v) is 8.84. The molecule has 0 bridgehead atoms. The summed E-state index contributed by atoms with van der Waals surface area (Å²) in [5.41, 5.74) is 9.78. The smallest absolute Gasteiger partial charge is 0.141 e. The molecule has 2 fully saturated rings. The molecule has 0 amide bonds. The van der Waals surface area contributed by atoms with Crippen LogP contribution >= 0.6 is 0 Å². The van der Waals surface area contributed by atoms with E-state index in [1.807, 2.05) is 0 Å². The van der Waals surface area contributed by atoms with Gasteiger partial charge in [0.25, 0.3) is 0 Å². The van der Waals surface area contributed by atoms with E-state index >= 15 is 0 Å². The number of carbonyl (C=O) groups excluding carboxylic acids is 1. The summed E-state index contributed by atoms with van der Waals surface area (Å²) in [6.45, 7) is 6.76. The van der Waals surface area contributed by atoms with Crippen LogP contribution in [0.2, 0.25) is 0 Å². The van der Waals surface area contributed by atoms with Gasteiger partial charge in [0, 0.05) is 17.0 Å². The van der Waals surface area contributed by atoms with E-state index < -0.39 is 0 Å². The third-order valence-electron chi connectivity index (χ3n) is 7.05. The fraction of sp³-hybridized carbons (Fsp3) is 0.650. The second kappa shape index (κ2) is 4.59. The molecule has 118 valence electrons. The predicted octanol–water partition coefficient (Wildman–Crippen LogP) is 4.19. The van der Waals surface area contributed by atoms with Crippen LogP contribution in [0.3, 0.4) is 0 Å². The Labute approximate surface area is 133 Å². The van der Waals surface area contributed by atoms with Gasteiger partial charge >= 0.3 is 0 Å². The van der Waals surface area contributed by atoms with Gasteiger partial charge in [-0.25, -0.2) is 0 Å². The second-order valence-corrected chi connectivity index (χ2v) is 8.39. The first-order chi connectivity index (χ1) is 10.4. The zero-order valence-electron chi connectivity index (χ0n) is 13.9. The zero-order valence-corrected chi connectivity index (χ0v) is 13.9. The normalized spacial score (nSPS) is 43.4. The molecule has 3 aliphatic carbocycles. The highest BCUT2D eigenvalue weighted by Crippen LogP contribution is 2.62. The van der Waals surface area contributed by atoms with Crippen LogP contribution in [0, 0.1) is 29.1 Å². The van der Waals surface area contributed by atoms with Crippen molar-refractivity contribution in [3.63, 3.8) is 0 Å². The first-order valence-electron chi connectivity index (χ1n) is 8.84. The molecule has 22 heavy (non-hydrogen) atoms. The number of carbonyl (C=O) groups is 1. The third-order valence-corrected chi connectivity index (χ3v) is 7.05. The fourth-order valence-electron chi connectivity index (χ4n) is 6.27. The summed E-state index contributed by atoms with van der Waals surface area (Å²) in [6.07, 6.45) is 4.52. The molecule has 0 heterocycles. The highest BCUT2D eigenvalue weighted by Gasteiger charge is 2.58. The maximum atomic E-state index is 12.8. The molecule has 0 aromatic heterocycles. The van der Waals surface area contributed by atoms with Crippen molar-refractivity contribution in [2.24, 2.45) is 29.1 Å². The van der Waals surface area contributed by atoms with Crippen LogP contribution in [0.1, 0.15) is 57.1 Å². The first kappa shape index (κ1) is 14.3. The van der Waals surface area contributed by atoms with Crippen LogP contribution in [0.25, 0.3) is 0 Å². The van der Waals surface area contributed by atoms with Gasteiger partial charge < -0.3 is 5.73 Å². The molecule has 2 nitrogen and oxygen atoms in total. The largest absolute Gasteiger partial charge is 0.399 e. The Morgan fingerprint density at radius 2 is 2.05 bits per heavy atom. The van der Waals surface area contributed by atoms with E-state index in [9.17, 15) is 4.79 Å². The molecule has 1 aromatic carbocycles. The average Bonchev–Trinajstić information content (AvgIpc) is 2.70. The monoisotopic (exact) mass is 297 g/mol. The van der Waals surface area contributed by atoms with Gasteiger partial charge in [-0.05, 0) is 72.6 Å². The van der Waals surface area contributed by atoms with Crippen molar-refractivity contribution in [1.82, 2.24) is 0 Å². The lowest BCUT2D eigenvalue weighted by Gasteiger charge is -2.51. The quantitative estimate of drug-likeness (QED) is 0.730. The summed E-state index contributed by atoms with van der Waals surface area (Å²) in [4.78, 5) is 12.8. The van der Waals surface area contributed by atoms with Gasteiger partial charge in [0.05, 0.1) is 0 Å². The van der Waals surface area contributed by atoms with Crippen molar-refractivity contribution in [3.8, 4) is 0 Å². The van der Waals surface area contributed by atoms with Crippen LogP contribution in [0.4, 0.5) is 5.69 Å². The lowest BCUT2D eigenvalue weighted by Crippen LogP contribution is -2.46. The number of aryl methyl sites for hydroxylation is 1. The third kappa shape index (κ3) is 1.76. The fourth-order valence-corrected chi connectivity index (χ4v) is 6.27. The Hall–Kier alpha value is -1.31. The maximum absolute atomic E-state index is 12.8. The van der Waals surface area contributed by atoms with Gasteiger partial charge in [-0.15, -0.1) is 0 Å². The Kier molecular flexibility index (Phi) is 2.99. The lowest BCUT2D eigenvalue weighted by molar-refractivity contribution is -0.133. The number of anilines is 1. The van der Waals surface area contributed by atoms with Gasteiger partial charge in [0.1, 0.15) is 5.78 Å². The topological polar surface area (TPSA) is 43.1 Å². The molecule has 0 radical (unpaired) electrons. The number of nitrogen functional groups attached to an aromatic ring is 1. The van der Waals surface area contributed by atoms with Gasteiger partial charge in [0.15, 0.2) is 0 Å². The molecule has 2 heteroatoms. The van der Waals surface area contributed by atoms with Gasteiger partial charge in [-0.2, -0.15) is 0 Å². The summed E-state index contributed by atoms with van der Waals surface area (Å²) in [6, 6.07) is 6.50. The van der Waals surface area contributed by atoms with Crippen molar-refractivity contribution < 1.29 is 4.79 Å². The Balaban J connectivity index is 1.78. The standard InChI is InChI=1S/C20H27NO/c1-11-8-17-16-6-4-13-9-14(21)5-7-15(13)18(16)12(2)10-20(17,3)19(11)22/h5,7,9,11-12,16-18H,4,6,8,10,21H2,1-3H3. The minimum absolute atomic E-state index is 0.0642. The molecule has 0 spiro atoms. The molecule has 1 aromatic rings. The van der Waals surface area contributed by atoms with Crippen LogP contribution in [-0.2, 0) is 11.2 Å². The Bertz CT molecular complexity index is 637. The number of nitrogens with two attached hydrogens (primary N) is 1. The number of rotatable bonds is 0. The molecular weight excluding hydrogens is 270 g/mol. The number of hydrogen-bond acceptors (Lipinski definition) is 2. The van der Waals surface area contributed by atoms with E-state index in [-0.39, 0.29) is 11.3 Å². The molecule has 6 unspecified atom stereocenters.